The van der Waals surface area contributed by atoms with Crippen molar-refractivity contribution >= 4 is 5.91 Å². The highest BCUT2D eigenvalue weighted by atomic mass is 16.2. The predicted octanol–water partition coefficient (Wildman–Crippen LogP) is 2.27. The number of pyridine rings is 1. The minimum absolute atomic E-state index is 0.131. The van der Waals surface area contributed by atoms with Gasteiger partial charge in [0.15, 0.2) is 0 Å². The first-order valence-corrected chi connectivity index (χ1v) is 7.90. The van der Waals surface area contributed by atoms with Crippen LogP contribution in [0.25, 0.3) is 0 Å². The molecule has 3 rings (SSSR count). The molecular formula is C17H25N3O. The lowest BCUT2D eigenvalue weighted by atomic mass is 10.0. The van der Waals surface area contributed by atoms with E-state index in [2.05, 4.69) is 24.0 Å². The average Bonchev–Trinajstić information content (AvgIpc) is 3.05. The highest BCUT2D eigenvalue weighted by Crippen LogP contribution is 2.46. The molecule has 114 valence electrons. The Kier molecular flexibility index (Phi) is 3.98. The number of amides is 1. The van der Waals surface area contributed by atoms with Crippen LogP contribution in [0.5, 0.6) is 0 Å². The normalized spacial score (nSPS) is 31.4. The van der Waals surface area contributed by atoms with Crippen LogP contribution in [0.1, 0.15) is 36.0 Å². The van der Waals surface area contributed by atoms with E-state index in [0.29, 0.717) is 6.04 Å². The van der Waals surface area contributed by atoms with Gasteiger partial charge < -0.3 is 9.80 Å². The SMILES string of the molecule is CN(C)C1C[C@@H]2CC(N(C)C(=O)c3ccncc3)C[C@@H]2C1. The van der Waals surface area contributed by atoms with Crippen molar-refractivity contribution in [2.45, 2.75) is 37.8 Å². The summed E-state index contributed by atoms with van der Waals surface area (Å²) in [6.07, 6.45) is 8.31. The molecule has 1 heterocycles. The molecule has 0 radical (unpaired) electrons. The van der Waals surface area contributed by atoms with Crippen LogP contribution in [0.15, 0.2) is 24.5 Å². The van der Waals surface area contributed by atoms with Crippen LogP contribution in [0, 0.1) is 11.8 Å². The second-order valence-corrected chi connectivity index (χ2v) is 6.89. The molecule has 0 N–H and O–H groups in total. The second-order valence-electron chi connectivity index (χ2n) is 6.89. The molecular weight excluding hydrogens is 262 g/mol. The van der Waals surface area contributed by atoms with Crippen molar-refractivity contribution in [1.82, 2.24) is 14.8 Å². The molecule has 2 saturated carbocycles. The van der Waals surface area contributed by atoms with Gasteiger partial charge in [0.25, 0.3) is 5.91 Å². The summed E-state index contributed by atoms with van der Waals surface area (Å²) < 4.78 is 0. The van der Waals surface area contributed by atoms with Crippen molar-refractivity contribution in [2.75, 3.05) is 21.1 Å². The van der Waals surface area contributed by atoms with Gasteiger partial charge >= 0.3 is 0 Å². The molecule has 4 heteroatoms. The number of carbonyl (C=O) groups excluding carboxylic acids is 1. The summed E-state index contributed by atoms with van der Waals surface area (Å²) in [7, 11) is 6.32. The summed E-state index contributed by atoms with van der Waals surface area (Å²) in [6.45, 7) is 0. The van der Waals surface area contributed by atoms with Crippen molar-refractivity contribution in [3.05, 3.63) is 30.1 Å². The number of carbonyl (C=O) groups is 1. The number of fused-ring (bicyclic) bond motifs is 1. The smallest absolute Gasteiger partial charge is 0.253 e. The summed E-state index contributed by atoms with van der Waals surface area (Å²) in [5.41, 5.74) is 0.746. The second kappa shape index (κ2) is 5.76. The van der Waals surface area contributed by atoms with E-state index >= 15 is 0 Å². The minimum atomic E-state index is 0.131. The standard InChI is InChI=1S/C17H25N3O/c1-19(2)15-8-13-10-16(11-14(13)9-15)20(3)17(21)12-4-6-18-7-5-12/h4-7,13-16H,8-11H2,1-3H3/t13-,14+,15?,16?. The Morgan fingerprint density at radius 3 is 2.05 bits per heavy atom. The van der Waals surface area contributed by atoms with E-state index in [9.17, 15) is 4.79 Å². The van der Waals surface area contributed by atoms with Crippen LogP contribution in [0.2, 0.25) is 0 Å². The van der Waals surface area contributed by atoms with Crippen LogP contribution < -0.4 is 0 Å². The molecule has 0 aliphatic heterocycles. The third kappa shape index (κ3) is 2.82. The monoisotopic (exact) mass is 287 g/mol. The number of hydrogen-bond acceptors (Lipinski definition) is 3. The first-order valence-electron chi connectivity index (χ1n) is 7.90. The van der Waals surface area contributed by atoms with Crippen molar-refractivity contribution in [3.63, 3.8) is 0 Å². The van der Waals surface area contributed by atoms with E-state index in [4.69, 9.17) is 0 Å². The topological polar surface area (TPSA) is 36.4 Å². The Morgan fingerprint density at radius 1 is 1.00 bits per heavy atom. The third-order valence-electron chi connectivity index (χ3n) is 5.49. The Bertz CT molecular complexity index is 488. The van der Waals surface area contributed by atoms with Crippen LogP contribution >= 0.6 is 0 Å². The van der Waals surface area contributed by atoms with E-state index in [1.54, 1.807) is 24.5 Å². The fraction of sp³-hybridized carbons (Fsp3) is 0.647. The van der Waals surface area contributed by atoms with E-state index in [1.807, 2.05) is 11.9 Å². The van der Waals surface area contributed by atoms with Crippen molar-refractivity contribution in [3.8, 4) is 0 Å². The van der Waals surface area contributed by atoms with Gasteiger partial charge in [-0.3, -0.25) is 9.78 Å². The zero-order valence-electron chi connectivity index (χ0n) is 13.2. The molecule has 0 saturated heterocycles. The van der Waals surface area contributed by atoms with Crippen molar-refractivity contribution in [2.24, 2.45) is 11.8 Å². The maximum absolute atomic E-state index is 12.5. The number of aromatic nitrogens is 1. The molecule has 0 spiro atoms. The lowest BCUT2D eigenvalue weighted by Gasteiger charge is -2.27. The molecule has 0 bridgehead atoms. The largest absolute Gasteiger partial charge is 0.339 e. The zero-order chi connectivity index (χ0) is 15.0. The highest BCUT2D eigenvalue weighted by molar-refractivity contribution is 5.94. The number of hydrogen-bond donors (Lipinski definition) is 0. The Morgan fingerprint density at radius 2 is 1.52 bits per heavy atom. The highest BCUT2D eigenvalue weighted by Gasteiger charge is 2.44. The van der Waals surface area contributed by atoms with Gasteiger partial charge in [0.2, 0.25) is 0 Å². The lowest BCUT2D eigenvalue weighted by molar-refractivity contribution is 0.0726. The summed E-state index contributed by atoms with van der Waals surface area (Å²) >= 11 is 0. The molecule has 2 aliphatic rings. The summed E-state index contributed by atoms with van der Waals surface area (Å²) in [4.78, 5) is 20.8. The summed E-state index contributed by atoms with van der Waals surface area (Å²) in [5, 5.41) is 0. The van der Waals surface area contributed by atoms with E-state index in [1.165, 1.54) is 25.7 Å². The van der Waals surface area contributed by atoms with Crippen molar-refractivity contribution < 1.29 is 4.79 Å². The predicted molar refractivity (Wildman–Crippen MR) is 83.0 cm³/mol. The molecule has 0 aromatic carbocycles. The molecule has 1 amide bonds. The van der Waals surface area contributed by atoms with Gasteiger partial charge in [-0.25, -0.2) is 0 Å². The van der Waals surface area contributed by atoms with Gasteiger partial charge in [0.1, 0.15) is 0 Å². The Hall–Kier alpha value is -1.42. The van der Waals surface area contributed by atoms with Crippen LogP contribution in [0.4, 0.5) is 0 Å². The fourth-order valence-electron chi connectivity index (χ4n) is 4.15. The molecule has 2 unspecified atom stereocenters. The van der Waals surface area contributed by atoms with Gasteiger partial charge in [0, 0.05) is 37.1 Å². The minimum Gasteiger partial charge on any atom is -0.339 e. The van der Waals surface area contributed by atoms with Gasteiger partial charge in [-0.1, -0.05) is 0 Å². The van der Waals surface area contributed by atoms with E-state index in [-0.39, 0.29) is 5.91 Å². The fourth-order valence-corrected chi connectivity index (χ4v) is 4.15. The quantitative estimate of drug-likeness (QED) is 0.855. The summed E-state index contributed by atoms with van der Waals surface area (Å²) in [6, 6.07) is 4.75. The molecule has 4 nitrogen and oxygen atoms in total. The zero-order valence-corrected chi connectivity index (χ0v) is 13.2. The number of nitrogens with zero attached hydrogens (tertiary/aromatic N) is 3. The van der Waals surface area contributed by atoms with E-state index < -0.39 is 0 Å². The molecule has 4 atom stereocenters. The van der Waals surface area contributed by atoms with Gasteiger partial charge in [-0.05, 0) is 63.7 Å². The van der Waals surface area contributed by atoms with E-state index in [0.717, 1.165) is 23.4 Å². The van der Waals surface area contributed by atoms with Crippen molar-refractivity contribution in [1.29, 1.82) is 0 Å². The molecule has 1 aromatic rings. The molecule has 2 fully saturated rings. The van der Waals surface area contributed by atoms with Crippen LogP contribution in [-0.2, 0) is 0 Å². The first kappa shape index (κ1) is 14.5. The first-order chi connectivity index (χ1) is 10.1. The lowest BCUT2D eigenvalue weighted by Crippen LogP contribution is -2.36. The Balaban J connectivity index is 1.62. The average molecular weight is 287 g/mol. The molecule has 1 aromatic heterocycles. The number of rotatable bonds is 3. The van der Waals surface area contributed by atoms with Gasteiger partial charge in [-0.15, -0.1) is 0 Å². The third-order valence-corrected chi connectivity index (χ3v) is 5.49. The van der Waals surface area contributed by atoms with Gasteiger partial charge in [0.05, 0.1) is 0 Å². The maximum atomic E-state index is 12.5. The summed E-state index contributed by atoms with van der Waals surface area (Å²) in [5.74, 6) is 1.73. The van der Waals surface area contributed by atoms with Crippen LogP contribution in [0.3, 0.4) is 0 Å². The van der Waals surface area contributed by atoms with Gasteiger partial charge in [-0.2, -0.15) is 0 Å². The molecule has 21 heavy (non-hydrogen) atoms. The Labute approximate surface area is 127 Å². The van der Waals surface area contributed by atoms with Crippen LogP contribution in [-0.4, -0.2) is 53.9 Å². The maximum Gasteiger partial charge on any atom is 0.253 e. The molecule has 2 aliphatic carbocycles.